The van der Waals surface area contributed by atoms with Gasteiger partial charge in [-0.15, -0.1) is 0 Å². The third kappa shape index (κ3) is 28.8. The molecule has 0 amide bonds. The topological polar surface area (TPSA) is 366 Å². The number of carbonyl (C=O) groups is 8. The second kappa shape index (κ2) is 42.6. The van der Waals surface area contributed by atoms with E-state index in [1.807, 2.05) is 0 Å². The lowest BCUT2D eigenvalue weighted by molar-refractivity contribution is -0.217. The van der Waals surface area contributed by atoms with Gasteiger partial charge < -0.3 is 52.3 Å². The van der Waals surface area contributed by atoms with E-state index in [1.54, 1.807) is 13.8 Å². The van der Waals surface area contributed by atoms with Crippen LogP contribution in [-0.4, -0.2) is 159 Å². The number of benzene rings is 6. The zero-order valence-corrected chi connectivity index (χ0v) is 72.8. The van der Waals surface area contributed by atoms with Gasteiger partial charge in [-0.05, 0) is 202 Å². The molecular formula is C92H106F2NO24S4+. The van der Waals surface area contributed by atoms with Gasteiger partial charge in [-0.1, -0.05) is 142 Å². The van der Waals surface area contributed by atoms with Crippen molar-refractivity contribution in [3.05, 3.63) is 243 Å². The molecular weight excluding hydrogens is 1670 g/mol. The Hall–Kier alpha value is -9.96. The standard InChI is InChI=1S/2C18H15S.C14H21NO5S.C14H20O3.C13H14O7.C9H12F2O4.C6H10O5S/c2*1-4-10-16(11-5-1)19(17-12-6-2-7-13-17)18-14-8-3-9-15-18;1-9(2)12(16)19-13-4-10-3-11(5-13)7-14(6-10,8-13)20-21(15,17)18;1-9(2)12(15)17-14-6-10-3-11(7-14)5-13(16,4-10)8-14;1-5(2)12(15)17-4-8(14)19-10-7-3-6-9(18-7)11(10)20-13(6)16;1-6(2)8(13)14-4-7(12)15-5-9(3,10)11;1-5(2)6(7)11-3-4-12(8,9)10/h2*1-15H;10-11H,1,3-8H2,2H3,(H2,15,17,18);10-11,16H,1,3-8H2,2H3;6-7,9-11H,1,3-4H2,2H3;1,4-5H2,2-3H3;1,3-4H2,2H3,(H,8,9,10)/q2*+1;;;;;/p-1. The molecule has 8 saturated carbocycles. The third-order valence-electron chi connectivity index (χ3n) is 21.2. The normalized spacial score (nSPS) is 25.1. The van der Waals surface area contributed by atoms with Gasteiger partial charge in [0.25, 0.3) is 5.92 Å². The molecule has 9 atom stereocenters. The number of hydrogen-bond donors (Lipinski definition) is 2. The Kier molecular flexibility index (Phi) is 33.6. The smallest absolute Gasteiger partial charge is 0.344 e. The molecule has 11 fully saturated rings. The van der Waals surface area contributed by atoms with Crippen LogP contribution in [0.5, 0.6) is 0 Å². The molecule has 10 bridgehead atoms. The number of esters is 8. The molecule has 123 heavy (non-hydrogen) atoms. The molecule has 6 aromatic rings. The van der Waals surface area contributed by atoms with Crippen molar-refractivity contribution < 1.29 is 120 Å². The zero-order chi connectivity index (χ0) is 89.8. The summed E-state index contributed by atoms with van der Waals surface area (Å²) in [5.41, 5.74) is -1.10. The zero-order valence-electron chi connectivity index (χ0n) is 69.6. The minimum atomic E-state index is -4.30. The fourth-order valence-corrected chi connectivity index (χ4v) is 22.4. The predicted molar refractivity (Wildman–Crippen MR) is 451 cm³/mol. The molecule has 0 spiro atoms. The Morgan fingerprint density at radius 2 is 0.821 bits per heavy atom. The van der Waals surface area contributed by atoms with E-state index in [0.717, 1.165) is 44.9 Å². The first-order valence-corrected chi connectivity index (χ1v) is 45.4. The second-order valence-corrected chi connectivity index (χ2v) is 39.3. The quantitative estimate of drug-likeness (QED) is 0.0177. The van der Waals surface area contributed by atoms with Crippen molar-refractivity contribution >= 4 is 90.0 Å². The lowest BCUT2D eigenvalue weighted by Crippen LogP contribution is -2.62. The van der Waals surface area contributed by atoms with Crippen molar-refractivity contribution in [3.8, 4) is 0 Å². The second-order valence-electron chi connectivity index (χ2n) is 32.6. The summed E-state index contributed by atoms with van der Waals surface area (Å²) < 4.78 is 127. The first-order chi connectivity index (χ1) is 57.9. The van der Waals surface area contributed by atoms with Gasteiger partial charge in [0.1, 0.15) is 23.9 Å². The number of ether oxygens (including phenoxy) is 9. The Morgan fingerprint density at radius 3 is 1.15 bits per heavy atom. The van der Waals surface area contributed by atoms with Crippen molar-refractivity contribution in [2.24, 2.45) is 34.7 Å². The van der Waals surface area contributed by atoms with E-state index >= 15 is 0 Å². The van der Waals surface area contributed by atoms with Gasteiger partial charge in [0.2, 0.25) is 0 Å². The van der Waals surface area contributed by atoms with Gasteiger partial charge in [-0.3, -0.25) is 8.98 Å². The summed E-state index contributed by atoms with van der Waals surface area (Å²) in [7, 11) is -8.35. The monoisotopic (exact) mass is 1770 g/mol. The molecule has 11 aliphatic rings. The number of aliphatic hydroxyl groups is 1. The van der Waals surface area contributed by atoms with Crippen LogP contribution in [0.1, 0.15) is 125 Å². The molecule has 3 heterocycles. The van der Waals surface area contributed by atoms with Crippen molar-refractivity contribution in [1.82, 2.24) is 0 Å². The SMILES string of the molecule is C=C(C)C(=O)OC12CC3CC(C1)CC(OS(N)(=O)=O)(C3)C2.C=C(C)C(=O)OC12CC3CC(CC(O)(C3)C1)C2.C=C(C)C(=O)OCC(=O)OC1C2CC3C(=O)OC1C3O2.C=C(C)C(=O)OCC(=O)OCC(C)(F)F.C=C(C)C(=O)OCCS(=O)(=O)[O-].c1ccc([S+](c2ccccc2)c2ccccc2)cc1.c1ccc([S+](c2ccccc2)c2ccccc2)cc1. The minimum Gasteiger partial charge on any atom is -0.748 e. The minimum absolute atomic E-state index is 0.0146. The lowest BCUT2D eigenvalue weighted by atomic mass is 9.52. The number of rotatable bonds is 25. The summed E-state index contributed by atoms with van der Waals surface area (Å²) in [5.74, 6) is -7.14. The molecule has 17 rings (SSSR count). The number of alkyl halides is 2. The van der Waals surface area contributed by atoms with E-state index in [9.17, 15) is 73.6 Å². The molecule has 9 unspecified atom stereocenters. The molecule has 6 aromatic carbocycles. The lowest BCUT2D eigenvalue weighted by Gasteiger charge is -2.59. The molecule has 25 nitrogen and oxygen atoms in total. The van der Waals surface area contributed by atoms with Gasteiger partial charge in [-0.25, -0.2) is 55.9 Å². The van der Waals surface area contributed by atoms with E-state index in [2.05, 4.69) is 229 Å². The highest BCUT2D eigenvalue weighted by molar-refractivity contribution is 7.97. The van der Waals surface area contributed by atoms with E-state index < -0.39 is 129 Å². The Bertz CT molecular complexity index is 4670. The average Bonchev–Trinajstić information content (AvgIpc) is 1.64. The molecule has 660 valence electrons. The fraction of sp³-hybridized carbons (Fsp3) is 0.413. The number of fused-ring (bicyclic) bond motifs is 1. The summed E-state index contributed by atoms with van der Waals surface area (Å²) in [5, 5.41) is 15.6. The van der Waals surface area contributed by atoms with E-state index in [4.69, 9.17) is 37.7 Å². The highest BCUT2D eigenvalue weighted by atomic mass is 32.2. The van der Waals surface area contributed by atoms with Gasteiger partial charge in [0.05, 0.1) is 60.9 Å². The number of nitrogens with two attached hydrogens (primary N) is 1. The molecule has 3 N–H and O–H groups in total. The van der Waals surface area contributed by atoms with Crippen LogP contribution < -0.4 is 5.14 Å². The summed E-state index contributed by atoms with van der Waals surface area (Å²) in [6, 6.07) is 64.3. The van der Waals surface area contributed by atoms with E-state index in [1.165, 1.54) is 56.6 Å². The maximum atomic E-state index is 12.2. The van der Waals surface area contributed by atoms with Gasteiger partial charge in [0.15, 0.2) is 61.4 Å². The fourth-order valence-electron chi connectivity index (χ4n) is 17.2. The number of hydrogen-bond acceptors (Lipinski definition) is 24. The van der Waals surface area contributed by atoms with Crippen LogP contribution in [0.25, 0.3) is 0 Å². The highest BCUT2D eigenvalue weighted by Crippen LogP contribution is 2.61. The average molecular weight is 1780 g/mol. The molecule has 31 heteroatoms. The first-order valence-electron chi connectivity index (χ1n) is 39.9. The first kappa shape index (κ1) is 96.9. The summed E-state index contributed by atoms with van der Waals surface area (Å²) >= 11 is 0. The van der Waals surface area contributed by atoms with Crippen LogP contribution in [0.3, 0.4) is 0 Å². The maximum absolute atomic E-state index is 12.2. The number of halogens is 2. The van der Waals surface area contributed by atoms with Crippen molar-refractivity contribution in [2.75, 3.05) is 32.2 Å². The molecule has 8 aliphatic carbocycles. The van der Waals surface area contributed by atoms with Gasteiger partial charge in [0, 0.05) is 47.6 Å². The summed E-state index contributed by atoms with van der Waals surface area (Å²) in [4.78, 5) is 98.2. The van der Waals surface area contributed by atoms with Crippen LogP contribution in [0.15, 0.2) is 272 Å². The maximum Gasteiger partial charge on any atom is 0.344 e. The number of carbonyl (C=O) groups excluding carboxylic acids is 8. The summed E-state index contributed by atoms with van der Waals surface area (Å²) in [6.45, 7) is 22.7. The summed E-state index contributed by atoms with van der Waals surface area (Å²) in [6.07, 6.45) is 8.57. The van der Waals surface area contributed by atoms with Crippen molar-refractivity contribution in [1.29, 1.82) is 0 Å². The Morgan fingerprint density at radius 1 is 0.488 bits per heavy atom. The highest BCUT2D eigenvalue weighted by Gasteiger charge is 2.66. The largest absolute Gasteiger partial charge is 0.748 e. The van der Waals surface area contributed by atoms with Gasteiger partial charge >= 0.3 is 58.1 Å². The Labute approximate surface area is 722 Å². The van der Waals surface area contributed by atoms with Crippen LogP contribution in [-0.2, 0) is 127 Å². The molecule has 0 radical (unpaired) electrons. The van der Waals surface area contributed by atoms with Crippen molar-refractivity contribution in [3.63, 3.8) is 0 Å². The molecule has 3 saturated heterocycles. The Balaban J connectivity index is 0.000000164. The molecule has 3 aliphatic heterocycles. The predicted octanol–water partition coefficient (Wildman–Crippen LogP) is 13.9. The van der Waals surface area contributed by atoms with Crippen LogP contribution in [0, 0.1) is 29.6 Å². The van der Waals surface area contributed by atoms with E-state index in [-0.39, 0.29) is 68.6 Å². The van der Waals surface area contributed by atoms with Crippen molar-refractivity contribution in [2.45, 2.75) is 207 Å². The van der Waals surface area contributed by atoms with Gasteiger partial charge in [-0.2, -0.15) is 8.42 Å². The van der Waals surface area contributed by atoms with Crippen LogP contribution in [0.4, 0.5) is 8.78 Å². The molecule has 0 aromatic heterocycles. The third-order valence-corrected chi connectivity index (χ3v) is 26.9. The van der Waals surface area contributed by atoms with Crippen LogP contribution >= 0.6 is 0 Å². The van der Waals surface area contributed by atoms with E-state index in [0.29, 0.717) is 73.8 Å². The van der Waals surface area contributed by atoms with Crippen LogP contribution in [0.2, 0.25) is 0 Å².